The normalized spacial score (nSPS) is 14.5. The largest absolute Gasteiger partial charge is 0.493 e. The predicted octanol–water partition coefficient (Wildman–Crippen LogP) is 4.38. The van der Waals surface area contributed by atoms with E-state index in [4.69, 9.17) is 18.9 Å². The van der Waals surface area contributed by atoms with E-state index in [1.54, 1.807) is 21.3 Å². The SMILES string of the molecule is COc1ccc(CN2CCOc3ccc([C@H](O)Cc4ccccc4)cc3C2)c(OC)c1OC. The van der Waals surface area contributed by atoms with E-state index in [1.807, 2.05) is 54.6 Å². The molecule has 1 atom stereocenters. The van der Waals surface area contributed by atoms with Crippen molar-refractivity contribution < 1.29 is 24.1 Å². The standard InChI is InChI=1S/C27H31NO5/c1-30-25-12-10-21(26(31-2)27(25)32-3)17-28-13-14-33-24-11-9-20(16-22(24)18-28)23(29)15-19-7-5-4-6-8-19/h4-12,16,23,29H,13-15,17-18H2,1-3H3/t23-/m1/s1. The van der Waals surface area contributed by atoms with Gasteiger partial charge in [-0.2, -0.15) is 0 Å². The number of nitrogens with zero attached hydrogens (tertiary/aromatic N) is 1. The lowest BCUT2D eigenvalue weighted by molar-refractivity contribution is 0.178. The van der Waals surface area contributed by atoms with Gasteiger partial charge in [-0.3, -0.25) is 4.90 Å². The summed E-state index contributed by atoms with van der Waals surface area (Å²) in [5.74, 6) is 2.77. The molecule has 0 spiro atoms. The average Bonchev–Trinajstić information content (AvgIpc) is 3.05. The third-order valence-corrected chi connectivity index (χ3v) is 5.98. The van der Waals surface area contributed by atoms with Crippen molar-refractivity contribution in [3.8, 4) is 23.0 Å². The Bertz CT molecular complexity index is 1070. The van der Waals surface area contributed by atoms with E-state index < -0.39 is 6.10 Å². The second kappa shape index (κ2) is 10.6. The zero-order chi connectivity index (χ0) is 23.2. The molecule has 0 amide bonds. The first-order chi connectivity index (χ1) is 16.1. The Morgan fingerprint density at radius 2 is 1.73 bits per heavy atom. The molecule has 3 aromatic rings. The van der Waals surface area contributed by atoms with Gasteiger partial charge >= 0.3 is 0 Å². The monoisotopic (exact) mass is 449 g/mol. The first kappa shape index (κ1) is 23.0. The molecule has 3 aromatic carbocycles. The molecular weight excluding hydrogens is 418 g/mol. The summed E-state index contributed by atoms with van der Waals surface area (Å²) in [7, 11) is 4.87. The first-order valence-corrected chi connectivity index (χ1v) is 11.1. The average molecular weight is 450 g/mol. The van der Waals surface area contributed by atoms with Gasteiger partial charge < -0.3 is 24.1 Å². The van der Waals surface area contributed by atoms with Crippen LogP contribution >= 0.6 is 0 Å². The molecule has 0 aliphatic carbocycles. The van der Waals surface area contributed by atoms with Crippen LogP contribution in [0.3, 0.4) is 0 Å². The quantitative estimate of drug-likeness (QED) is 0.551. The molecule has 4 rings (SSSR count). The van der Waals surface area contributed by atoms with Crippen molar-refractivity contribution in [2.75, 3.05) is 34.5 Å². The molecule has 33 heavy (non-hydrogen) atoms. The van der Waals surface area contributed by atoms with E-state index >= 15 is 0 Å². The van der Waals surface area contributed by atoms with Gasteiger partial charge in [0.2, 0.25) is 5.75 Å². The smallest absolute Gasteiger partial charge is 0.203 e. The fourth-order valence-corrected chi connectivity index (χ4v) is 4.29. The van der Waals surface area contributed by atoms with Gasteiger partial charge in [-0.05, 0) is 29.3 Å². The summed E-state index contributed by atoms with van der Waals surface area (Å²) < 4.78 is 22.6. The second-order valence-electron chi connectivity index (χ2n) is 8.13. The zero-order valence-electron chi connectivity index (χ0n) is 19.4. The fourth-order valence-electron chi connectivity index (χ4n) is 4.29. The summed E-state index contributed by atoms with van der Waals surface area (Å²) in [6.45, 7) is 2.74. The number of benzene rings is 3. The molecule has 0 saturated heterocycles. The van der Waals surface area contributed by atoms with Gasteiger partial charge in [0.05, 0.1) is 27.4 Å². The van der Waals surface area contributed by atoms with Crippen LogP contribution in [0.1, 0.15) is 28.4 Å². The molecule has 6 nitrogen and oxygen atoms in total. The number of fused-ring (bicyclic) bond motifs is 1. The van der Waals surface area contributed by atoms with Crippen LogP contribution in [0.25, 0.3) is 0 Å². The molecule has 0 unspecified atom stereocenters. The maximum absolute atomic E-state index is 10.8. The van der Waals surface area contributed by atoms with Crippen LogP contribution in [0, 0.1) is 0 Å². The summed E-state index contributed by atoms with van der Waals surface area (Å²) in [4.78, 5) is 2.31. The molecular formula is C27H31NO5. The minimum Gasteiger partial charge on any atom is -0.493 e. The van der Waals surface area contributed by atoms with Gasteiger partial charge in [-0.15, -0.1) is 0 Å². The van der Waals surface area contributed by atoms with Crippen LogP contribution in [0.4, 0.5) is 0 Å². The van der Waals surface area contributed by atoms with Gasteiger partial charge in [0, 0.05) is 37.2 Å². The Kier molecular flexibility index (Phi) is 7.37. The van der Waals surface area contributed by atoms with E-state index in [1.165, 1.54) is 0 Å². The maximum atomic E-state index is 10.8. The number of ether oxygens (including phenoxy) is 4. The molecule has 6 heteroatoms. The number of aliphatic hydroxyl groups is 1. The Labute approximate surface area is 195 Å². The first-order valence-electron chi connectivity index (χ1n) is 11.1. The number of hydrogen-bond acceptors (Lipinski definition) is 6. The van der Waals surface area contributed by atoms with E-state index in [9.17, 15) is 5.11 Å². The van der Waals surface area contributed by atoms with Crippen molar-refractivity contribution in [3.05, 3.63) is 82.9 Å². The van der Waals surface area contributed by atoms with Crippen molar-refractivity contribution in [2.24, 2.45) is 0 Å². The van der Waals surface area contributed by atoms with E-state index in [0.717, 1.165) is 34.5 Å². The lowest BCUT2D eigenvalue weighted by Crippen LogP contribution is -2.25. The van der Waals surface area contributed by atoms with Gasteiger partial charge in [0.1, 0.15) is 12.4 Å². The van der Waals surface area contributed by atoms with E-state index in [0.29, 0.717) is 43.4 Å². The molecule has 0 radical (unpaired) electrons. The van der Waals surface area contributed by atoms with Crippen LogP contribution in [0.2, 0.25) is 0 Å². The van der Waals surface area contributed by atoms with Crippen LogP contribution in [-0.2, 0) is 19.5 Å². The number of methoxy groups -OCH3 is 3. The van der Waals surface area contributed by atoms with Crippen molar-refractivity contribution in [2.45, 2.75) is 25.6 Å². The Hall–Kier alpha value is -3.22. The Morgan fingerprint density at radius 1 is 0.939 bits per heavy atom. The Balaban J connectivity index is 1.54. The van der Waals surface area contributed by atoms with Crippen molar-refractivity contribution in [1.82, 2.24) is 4.90 Å². The number of rotatable bonds is 8. The topological polar surface area (TPSA) is 60.4 Å². The molecule has 1 aliphatic heterocycles. The third-order valence-electron chi connectivity index (χ3n) is 5.98. The van der Waals surface area contributed by atoms with E-state index in [-0.39, 0.29) is 0 Å². The molecule has 174 valence electrons. The van der Waals surface area contributed by atoms with Crippen LogP contribution < -0.4 is 18.9 Å². The number of aliphatic hydroxyl groups excluding tert-OH is 1. The molecule has 0 saturated carbocycles. The lowest BCUT2D eigenvalue weighted by Gasteiger charge is -2.22. The summed E-state index contributed by atoms with van der Waals surface area (Å²) in [5, 5.41) is 10.8. The molecule has 1 N–H and O–H groups in total. The summed E-state index contributed by atoms with van der Waals surface area (Å²) in [5.41, 5.74) is 4.08. The third kappa shape index (κ3) is 5.24. The van der Waals surface area contributed by atoms with Crippen molar-refractivity contribution in [3.63, 3.8) is 0 Å². The maximum Gasteiger partial charge on any atom is 0.203 e. The van der Waals surface area contributed by atoms with Crippen LogP contribution in [0.5, 0.6) is 23.0 Å². The zero-order valence-corrected chi connectivity index (χ0v) is 19.4. The predicted molar refractivity (Wildman–Crippen MR) is 127 cm³/mol. The second-order valence-corrected chi connectivity index (χ2v) is 8.13. The highest BCUT2D eigenvalue weighted by atomic mass is 16.5. The lowest BCUT2D eigenvalue weighted by atomic mass is 9.99. The molecule has 1 aliphatic rings. The highest BCUT2D eigenvalue weighted by Gasteiger charge is 2.21. The highest BCUT2D eigenvalue weighted by molar-refractivity contribution is 5.55. The summed E-state index contributed by atoms with van der Waals surface area (Å²) >= 11 is 0. The summed E-state index contributed by atoms with van der Waals surface area (Å²) in [6.07, 6.45) is 0.00730. The molecule has 0 bridgehead atoms. The minimum atomic E-state index is -0.569. The van der Waals surface area contributed by atoms with Gasteiger partial charge in [-0.25, -0.2) is 0 Å². The van der Waals surface area contributed by atoms with Crippen molar-refractivity contribution >= 4 is 0 Å². The highest BCUT2D eigenvalue weighted by Crippen LogP contribution is 2.40. The molecule has 1 heterocycles. The molecule has 0 fully saturated rings. The molecule has 0 aromatic heterocycles. The van der Waals surface area contributed by atoms with Crippen molar-refractivity contribution in [1.29, 1.82) is 0 Å². The van der Waals surface area contributed by atoms with E-state index in [2.05, 4.69) is 11.0 Å². The summed E-state index contributed by atoms with van der Waals surface area (Å²) in [6, 6.07) is 19.9. The van der Waals surface area contributed by atoms with Gasteiger partial charge in [0.25, 0.3) is 0 Å². The number of hydrogen-bond donors (Lipinski definition) is 1. The Morgan fingerprint density at radius 3 is 2.45 bits per heavy atom. The van der Waals surface area contributed by atoms with Gasteiger partial charge in [-0.1, -0.05) is 42.5 Å². The van der Waals surface area contributed by atoms with Crippen LogP contribution in [0.15, 0.2) is 60.7 Å². The minimum absolute atomic E-state index is 0.569. The van der Waals surface area contributed by atoms with Crippen LogP contribution in [-0.4, -0.2) is 44.5 Å². The van der Waals surface area contributed by atoms with Gasteiger partial charge in [0.15, 0.2) is 11.5 Å². The fraction of sp³-hybridized carbons (Fsp3) is 0.333.